The number of allylic oxidation sites excluding steroid dienone is 5. The van der Waals surface area contributed by atoms with E-state index < -0.39 is 0 Å². The third-order valence-electron chi connectivity index (χ3n) is 11.2. The third kappa shape index (κ3) is 5.74. The minimum absolute atomic E-state index is 0.847. The average Bonchev–Trinajstić information content (AvgIpc) is 3.96. The number of hydrogen-bond acceptors (Lipinski definition) is 4. The van der Waals surface area contributed by atoms with Crippen molar-refractivity contribution in [2.75, 3.05) is 0 Å². The molecule has 4 heteroatoms. The van der Waals surface area contributed by atoms with E-state index in [2.05, 4.69) is 140 Å². The van der Waals surface area contributed by atoms with Gasteiger partial charge in [0, 0.05) is 55.8 Å². The molecule has 4 nitrogen and oxygen atoms in total. The fourth-order valence-electron chi connectivity index (χ4n) is 8.20. The van der Waals surface area contributed by atoms with Crippen LogP contribution in [0.3, 0.4) is 0 Å². The molecule has 0 saturated carbocycles. The molecule has 0 spiro atoms. The zero-order chi connectivity index (χ0) is 38.7. The molecule has 0 aliphatic rings. The molecule has 0 radical (unpaired) electrons. The molecule has 0 fully saturated rings. The van der Waals surface area contributed by atoms with Crippen molar-refractivity contribution in [1.82, 2.24) is 4.98 Å². The monoisotopic (exact) mass is 745 g/mol. The van der Waals surface area contributed by atoms with Gasteiger partial charge in [0.05, 0.1) is 0 Å². The van der Waals surface area contributed by atoms with E-state index in [4.69, 9.17) is 18.2 Å². The number of aromatic nitrogens is 1. The Kier molecular flexibility index (Phi) is 7.83. The highest BCUT2D eigenvalue weighted by atomic mass is 16.3. The Hall–Kier alpha value is -7.69. The predicted octanol–water partition coefficient (Wildman–Crippen LogP) is 15.6. The van der Waals surface area contributed by atoms with Gasteiger partial charge in [0.2, 0.25) is 0 Å². The first kappa shape index (κ1) is 33.6. The van der Waals surface area contributed by atoms with Crippen LogP contribution in [-0.2, 0) is 0 Å². The Morgan fingerprint density at radius 2 is 0.810 bits per heavy atom. The lowest BCUT2D eigenvalue weighted by Crippen LogP contribution is -1.85. The van der Waals surface area contributed by atoms with Gasteiger partial charge >= 0.3 is 0 Å². The normalized spacial score (nSPS) is 12.2. The number of hydrogen-bond donors (Lipinski definition) is 0. The topological polar surface area (TPSA) is 52.3 Å². The average molecular weight is 746 g/mol. The van der Waals surface area contributed by atoms with Gasteiger partial charge in [-0.3, -0.25) is 4.98 Å². The summed E-state index contributed by atoms with van der Waals surface area (Å²) in [5, 5.41) is 6.45. The highest BCUT2D eigenvalue weighted by Gasteiger charge is 2.15. The quantitative estimate of drug-likeness (QED) is 0.152. The van der Waals surface area contributed by atoms with Gasteiger partial charge in [0.25, 0.3) is 0 Å². The van der Waals surface area contributed by atoms with Gasteiger partial charge in [-0.15, -0.1) is 0 Å². The Morgan fingerprint density at radius 1 is 0.414 bits per heavy atom. The van der Waals surface area contributed by atoms with Gasteiger partial charge < -0.3 is 13.3 Å². The first-order valence-corrected chi connectivity index (χ1v) is 19.5. The van der Waals surface area contributed by atoms with Crippen LogP contribution in [0.2, 0.25) is 0 Å². The van der Waals surface area contributed by atoms with Gasteiger partial charge in [0.15, 0.2) is 0 Å². The summed E-state index contributed by atoms with van der Waals surface area (Å²) in [6, 6.07) is 51.0. The maximum atomic E-state index is 6.36. The molecule has 0 bridgehead atoms. The maximum absolute atomic E-state index is 6.36. The Balaban J connectivity index is 0.946. The zero-order valence-electron chi connectivity index (χ0n) is 31.7. The minimum atomic E-state index is 0.847. The van der Waals surface area contributed by atoms with E-state index in [1.54, 1.807) is 0 Å². The van der Waals surface area contributed by atoms with Crippen molar-refractivity contribution in [3.05, 3.63) is 194 Å². The summed E-state index contributed by atoms with van der Waals surface area (Å²) in [5.41, 5.74) is 16.0. The molecule has 0 unspecified atom stereocenters. The van der Waals surface area contributed by atoms with E-state index >= 15 is 0 Å². The molecule has 0 atom stereocenters. The summed E-state index contributed by atoms with van der Waals surface area (Å²) in [4.78, 5) is 4.71. The largest absolute Gasteiger partial charge is 0.456 e. The highest BCUT2D eigenvalue weighted by Crippen LogP contribution is 2.39. The van der Waals surface area contributed by atoms with Crippen LogP contribution in [0, 0.1) is 0 Å². The van der Waals surface area contributed by atoms with E-state index in [1.165, 1.54) is 5.56 Å². The number of nitrogens with zero attached hydrogens (tertiary/aromatic N) is 1. The van der Waals surface area contributed by atoms with Crippen molar-refractivity contribution in [2.45, 2.75) is 6.92 Å². The van der Waals surface area contributed by atoms with Gasteiger partial charge in [-0.1, -0.05) is 97.6 Å². The van der Waals surface area contributed by atoms with Crippen LogP contribution in [0.15, 0.2) is 202 Å². The number of rotatable bonds is 7. The second-order valence-corrected chi connectivity index (χ2v) is 14.8. The van der Waals surface area contributed by atoms with Crippen molar-refractivity contribution in [2.24, 2.45) is 0 Å². The lowest BCUT2D eigenvalue weighted by atomic mass is 9.97. The predicted molar refractivity (Wildman–Crippen MR) is 241 cm³/mol. The molecule has 58 heavy (non-hydrogen) atoms. The third-order valence-corrected chi connectivity index (χ3v) is 11.2. The fourth-order valence-corrected chi connectivity index (χ4v) is 8.20. The summed E-state index contributed by atoms with van der Waals surface area (Å²) in [5.74, 6) is 0. The maximum Gasteiger partial charge on any atom is 0.135 e. The second kappa shape index (κ2) is 13.5. The van der Waals surface area contributed by atoms with Gasteiger partial charge in [-0.25, -0.2) is 0 Å². The molecule has 0 aliphatic heterocycles. The van der Waals surface area contributed by atoms with Crippen molar-refractivity contribution in [3.63, 3.8) is 0 Å². The molecule has 11 aromatic rings. The molecule has 7 aromatic carbocycles. The number of benzene rings is 7. The molecular weight excluding hydrogens is 711 g/mol. The number of pyridine rings is 1. The van der Waals surface area contributed by atoms with Gasteiger partial charge in [-0.2, -0.15) is 0 Å². The van der Waals surface area contributed by atoms with Crippen LogP contribution in [-0.4, -0.2) is 4.98 Å². The Morgan fingerprint density at radius 3 is 1.26 bits per heavy atom. The molecule has 11 rings (SSSR count). The summed E-state index contributed by atoms with van der Waals surface area (Å²) >= 11 is 0. The molecule has 0 N–H and O–H groups in total. The van der Waals surface area contributed by atoms with Crippen molar-refractivity contribution < 1.29 is 13.3 Å². The first-order chi connectivity index (χ1) is 28.6. The van der Waals surface area contributed by atoms with Crippen LogP contribution in [0.1, 0.15) is 12.5 Å². The summed E-state index contributed by atoms with van der Waals surface area (Å²) in [7, 11) is 0. The first-order valence-electron chi connectivity index (χ1n) is 19.5. The number of fused-ring (bicyclic) bond motifs is 9. The van der Waals surface area contributed by atoms with E-state index in [9.17, 15) is 0 Å². The summed E-state index contributed by atoms with van der Waals surface area (Å²) in [6.45, 7) is 6.29. The summed E-state index contributed by atoms with van der Waals surface area (Å²) < 4.78 is 18.9. The van der Waals surface area contributed by atoms with Crippen molar-refractivity contribution in [3.8, 4) is 44.5 Å². The lowest BCUT2D eigenvalue weighted by Gasteiger charge is -2.07. The molecule has 0 amide bonds. The van der Waals surface area contributed by atoms with E-state index in [1.807, 2.05) is 55.8 Å². The van der Waals surface area contributed by atoms with E-state index in [-0.39, 0.29) is 0 Å². The van der Waals surface area contributed by atoms with Crippen LogP contribution in [0.25, 0.3) is 116 Å². The molecule has 4 aromatic heterocycles. The smallest absolute Gasteiger partial charge is 0.135 e. The number of furan rings is 3. The van der Waals surface area contributed by atoms with E-state index in [0.29, 0.717) is 0 Å². The highest BCUT2D eigenvalue weighted by molar-refractivity contribution is 6.10. The van der Waals surface area contributed by atoms with Gasteiger partial charge in [-0.05, 0) is 130 Å². The second-order valence-electron chi connectivity index (χ2n) is 14.8. The summed E-state index contributed by atoms with van der Waals surface area (Å²) in [6.07, 6.45) is 11.9. The Labute approximate surface area is 334 Å². The van der Waals surface area contributed by atoms with Crippen LogP contribution >= 0.6 is 0 Å². The van der Waals surface area contributed by atoms with Crippen LogP contribution < -0.4 is 0 Å². The Bertz CT molecular complexity index is 3480. The van der Waals surface area contributed by atoms with Crippen LogP contribution in [0.4, 0.5) is 0 Å². The SMILES string of the molecule is C=C(/C=C\C=C/C)c1ccc2oc3ccc(-c4ccc5oc6ccc(-c7cncc(-c8ccc9oc%10ccc(-c%11ccccc%11)cc%10c9c8)c7)cc6c5c4)cc3c2c1. The lowest BCUT2D eigenvalue weighted by molar-refractivity contribution is 0.668. The van der Waals surface area contributed by atoms with Crippen LogP contribution in [0.5, 0.6) is 0 Å². The van der Waals surface area contributed by atoms with E-state index in [0.717, 1.165) is 116 Å². The van der Waals surface area contributed by atoms with Crippen molar-refractivity contribution >= 4 is 71.4 Å². The molecule has 4 heterocycles. The minimum Gasteiger partial charge on any atom is -0.456 e. The fraction of sp³-hybridized carbons (Fsp3) is 0.0185. The molecule has 274 valence electrons. The van der Waals surface area contributed by atoms with Crippen molar-refractivity contribution in [1.29, 1.82) is 0 Å². The molecular formula is C54H35NO3. The standard InChI is InChI=1S/C54H35NO3/c1-3-4-6-9-33(2)35-12-18-49-43(25-35)45-27-37(14-20-51(45)56-49)38-15-21-52-46(28-38)48-30-40(17-23-54(48)58-52)42-24-41(31-55-32-42)39-16-22-53-47(29-39)44-26-36(13-19-50(44)57-53)34-10-7-5-8-11-34/h3-32H,2H2,1H3/b4-3-,9-6-. The molecule has 0 saturated heterocycles. The molecule has 0 aliphatic carbocycles. The van der Waals surface area contributed by atoms with Gasteiger partial charge in [0.1, 0.15) is 33.5 Å². The zero-order valence-corrected chi connectivity index (χ0v) is 31.7.